The van der Waals surface area contributed by atoms with Crippen LogP contribution in [0.1, 0.15) is 31.2 Å². The van der Waals surface area contributed by atoms with Crippen LogP contribution in [0, 0.1) is 12.3 Å². The summed E-state index contributed by atoms with van der Waals surface area (Å²) in [4.78, 5) is 26.9. The van der Waals surface area contributed by atoms with Crippen molar-refractivity contribution in [1.29, 1.82) is 0 Å². The molecule has 1 N–H and O–H groups in total. The number of aryl methyl sites for hydroxylation is 1. The van der Waals surface area contributed by atoms with Crippen molar-refractivity contribution in [3.8, 4) is 0 Å². The molecule has 1 aliphatic heterocycles. The minimum atomic E-state index is -0.834. The summed E-state index contributed by atoms with van der Waals surface area (Å²) in [7, 11) is 0. The molecule has 5 heteroatoms. The second kappa shape index (κ2) is 5.34. The second-order valence-electron chi connectivity index (χ2n) is 5.99. The summed E-state index contributed by atoms with van der Waals surface area (Å²) in [5.41, 5.74) is 0.796. The van der Waals surface area contributed by atoms with E-state index in [9.17, 15) is 9.59 Å². The van der Waals surface area contributed by atoms with Crippen LogP contribution in [0.2, 0.25) is 5.02 Å². The number of rotatable bonds is 3. The molecule has 1 aromatic rings. The Bertz CT molecular complexity index is 590. The molecule has 0 aromatic heterocycles. The third kappa shape index (κ3) is 2.64. The third-order valence-corrected chi connectivity index (χ3v) is 4.67. The molecule has 1 saturated heterocycles. The molecule has 2 aliphatic rings. The summed E-state index contributed by atoms with van der Waals surface area (Å²) >= 11 is 5.97. The molecule has 1 heterocycles. The number of carbonyl (C=O) groups excluding carboxylic acids is 2. The fourth-order valence-corrected chi connectivity index (χ4v) is 3.03. The average molecular weight is 307 g/mol. The lowest BCUT2D eigenvalue weighted by molar-refractivity contribution is -0.141. The first kappa shape index (κ1) is 14.4. The molecular weight excluding hydrogens is 288 g/mol. The first-order valence-electron chi connectivity index (χ1n) is 7.40. The number of hydrogen-bond acceptors (Lipinski definition) is 2. The summed E-state index contributed by atoms with van der Waals surface area (Å²) in [5.74, 6) is -0.193. The van der Waals surface area contributed by atoms with Gasteiger partial charge in [0.25, 0.3) is 0 Å². The predicted molar refractivity (Wildman–Crippen MR) is 82.3 cm³/mol. The van der Waals surface area contributed by atoms with E-state index in [1.807, 2.05) is 17.9 Å². The molecule has 2 fully saturated rings. The normalized spacial score (nSPS) is 19.4. The molecule has 0 radical (unpaired) electrons. The fourth-order valence-electron chi connectivity index (χ4n) is 2.86. The van der Waals surface area contributed by atoms with Crippen molar-refractivity contribution < 1.29 is 9.59 Å². The Balaban J connectivity index is 1.75. The standard InChI is InChI=1S/C16H19ClN2O2/c1-11-4-5-12(17)10-13(11)18-14(20)16(6-7-16)15(21)19-8-2-3-9-19/h4-5,10H,2-3,6-9H2,1H3,(H,18,20). The van der Waals surface area contributed by atoms with Gasteiger partial charge in [-0.15, -0.1) is 0 Å². The van der Waals surface area contributed by atoms with E-state index in [-0.39, 0.29) is 11.8 Å². The fraction of sp³-hybridized carbons (Fsp3) is 0.500. The molecule has 1 aliphatic carbocycles. The van der Waals surface area contributed by atoms with Gasteiger partial charge in [-0.1, -0.05) is 17.7 Å². The Hall–Kier alpha value is -1.55. The topological polar surface area (TPSA) is 49.4 Å². The van der Waals surface area contributed by atoms with Crippen LogP contribution >= 0.6 is 11.6 Å². The van der Waals surface area contributed by atoms with Crippen LogP contribution in [0.4, 0.5) is 5.69 Å². The summed E-state index contributed by atoms with van der Waals surface area (Å²) in [6.07, 6.45) is 3.37. The van der Waals surface area contributed by atoms with E-state index < -0.39 is 5.41 Å². The molecule has 21 heavy (non-hydrogen) atoms. The van der Waals surface area contributed by atoms with Gasteiger partial charge in [-0.2, -0.15) is 0 Å². The highest BCUT2D eigenvalue weighted by Gasteiger charge is 2.58. The van der Waals surface area contributed by atoms with Crippen molar-refractivity contribution in [3.63, 3.8) is 0 Å². The van der Waals surface area contributed by atoms with Gasteiger partial charge in [0, 0.05) is 23.8 Å². The van der Waals surface area contributed by atoms with Crippen LogP contribution in [-0.4, -0.2) is 29.8 Å². The molecule has 0 unspecified atom stereocenters. The lowest BCUT2D eigenvalue weighted by Gasteiger charge is -2.22. The van der Waals surface area contributed by atoms with E-state index >= 15 is 0 Å². The first-order chi connectivity index (χ1) is 10.0. The summed E-state index contributed by atoms with van der Waals surface area (Å²) in [6.45, 7) is 3.47. The maximum Gasteiger partial charge on any atom is 0.240 e. The van der Waals surface area contributed by atoms with Gasteiger partial charge in [0.1, 0.15) is 5.41 Å². The van der Waals surface area contributed by atoms with Crippen LogP contribution < -0.4 is 5.32 Å². The van der Waals surface area contributed by atoms with Crippen LogP contribution in [0.25, 0.3) is 0 Å². The van der Waals surface area contributed by atoms with Gasteiger partial charge < -0.3 is 10.2 Å². The molecule has 0 spiro atoms. The van der Waals surface area contributed by atoms with Gasteiger partial charge in [-0.25, -0.2) is 0 Å². The summed E-state index contributed by atoms with van der Waals surface area (Å²) in [6, 6.07) is 5.37. The van der Waals surface area contributed by atoms with Crippen molar-refractivity contribution >= 4 is 29.1 Å². The second-order valence-corrected chi connectivity index (χ2v) is 6.43. The van der Waals surface area contributed by atoms with Crippen molar-refractivity contribution in [1.82, 2.24) is 4.90 Å². The Morgan fingerprint density at radius 2 is 1.90 bits per heavy atom. The van der Waals surface area contributed by atoms with Crippen LogP contribution in [0.5, 0.6) is 0 Å². The van der Waals surface area contributed by atoms with Crippen molar-refractivity contribution in [3.05, 3.63) is 28.8 Å². The van der Waals surface area contributed by atoms with E-state index in [2.05, 4.69) is 5.32 Å². The lowest BCUT2D eigenvalue weighted by atomic mass is 10.0. The molecule has 1 saturated carbocycles. The van der Waals surface area contributed by atoms with Crippen LogP contribution in [0.3, 0.4) is 0 Å². The smallest absolute Gasteiger partial charge is 0.240 e. The van der Waals surface area contributed by atoms with Gasteiger partial charge in [-0.3, -0.25) is 9.59 Å². The Morgan fingerprint density at radius 1 is 1.24 bits per heavy atom. The molecule has 2 amide bonds. The average Bonchev–Trinajstić information content (AvgIpc) is 3.10. The lowest BCUT2D eigenvalue weighted by Crippen LogP contribution is -2.41. The number of nitrogens with zero attached hydrogens (tertiary/aromatic N) is 1. The third-order valence-electron chi connectivity index (χ3n) is 4.44. The minimum absolute atomic E-state index is 0.00261. The first-order valence-corrected chi connectivity index (χ1v) is 7.78. The maximum absolute atomic E-state index is 12.6. The monoisotopic (exact) mass is 306 g/mol. The van der Waals surface area contributed by atoms with E-state index in [4.69, 9.17) is 11.6 Å². The Kier molecular flexibility index (Phi) is 3.66. The van der Waals surface area contributed by atoms with Crippen molar-refractivity contribution in [2.45, 2.75) is 32.6 Å². The van der Waals surface area contributed by atoms with Gasteiger partial charge in [0.15, 0.2) is 0 Å². The molecular formula is C16H19ClN2O2. The highest BCUT2D eigenvalue weighted by atomic mass is 35.5. The molecule has 4 nitrogen and oxygen atoms in total. The number of benzene rings is 1. The highest BCUT2D eigenvalue weighted by Crippen LogP contribution is 2.48. The van der Waals surface area contributed by atoms with Crippen molar-refractivity contribution in [2.75, 3.05) is 18.4 Å². The number of hydrogen-bond donors (Lipinski definition) is 1. The van der Waals surface area contributed by atoms with Gasteiger partial charge in [-0.05, 0) is 50.3 Å². The zero-order valence-electron chi connectivity index (χ0n) is 12.1. The minimum Gasteiger partial charge on any atom is -0.342 e. The zero-order valence-corrected chi connectivity index (χ0v) is 12.9. The summed E-state index contributed by atoms with van der Waals surface area (Å²) in [5, 5.41) is 3.46. The quantitative estimate of drug-likeness (QED) is 0.873. The van der Waals surface area contributed by atoms with Crippen LogP contribution in [0.15, 0.2) is 18.2 Å². The molecule has 112 valence electrons. The van der Waals surface area contributed by atoms with Crippen molar-refractivity contribution in [2.24, 2.45) is 5.41 Å². The number of amides is 2. The molecule has 0 atom stereocenters. The molecule has 3 rings (SSSR count). The summed E-state index contributed by atoms with van der Waals surface area (Å²) < 4.78 is 0. The van der Waals surface area contributed by atoms with Gasteiger partial charge in [0.2, 0.25) is 11.8 Å². The van der Waals surface area contributed by atoms with Gasteiger partial charge >= 0.3 is 0 Å². The Morgan fingerprint density at radius 3 is 2.52 bits per heavy atom. The number of nitrogens with one attached hydrogen (secondary N) is 1. The Labute approximate surface area is 129 Å². The molecule has 0 bridgehead atoms. The largest absolute Gasteiger partial charge is 0.342 e. The van der Waals surface area contributed by atoms with E-state index in [0.29, 0.717) is 23.6 Å². The maximum atomic E-state index is 12.6. The number of likely N-dealkylation sites (tertiary alicyclic amines) is 1. The zero-order chi connectivity index (χ0) is 15.0. The number of carbonyl (C=O) groups is 2. The predicted octanol–water partition coefficient (Wildman–Crippen LogP) is 2.99. The van der Waals surface area contributed by atoms with E-state index in [0.717, 1.165) is 31.5 Å². The highest BCUT2D eigenvalue weighted by molar-refractivity contribution is 6.31. The van der Waals surface area contributed by atoms with E-state index in [1.54, 1.807) is 12.1 Å². The van der Waals surface area contributed by atoms with Gasteiger partial charge in [0.05, 0.1) is 0 Å². The van der Waals surface area contributed by atoms with Crippen LogP contribution in [-0.2, 0) is 9.59 Å². The number of halogens is 1. The van der Waals surface area contributed by atoms with E-state index in [1.165, 1.54) is 0 Å². The number of anilines is 1. The molecule has 1 aromatic carbocycles. The SMILES string of the molecule is Cc1ccc(Cl)cc1NC(=O)C1(C(=O)N2CCCC2)CC1.